The molecule has 0 fully saturated rings. The quantitative estimate of drug-likeness (QED) is 0.811. The van der Waals surface area contributed by atoms with Crippen molar-refractivity contribution < 1.29 is 13.2 Å². The Morgan fingerprint density at radius 3 is 2.48 bits per heavy atom. The van der Waals surface area contributed by atoms with Crippen molar-refractivity contribution in [3.63, 3.8) is 0 Å². The first-order valence-electron chi connectivity index (χ1n) is 6.60. The highest BCUT2D eigenvalue weighted by molar-refractivity contribution is 7.92. The van der Waals surface area contributed by atoms with Crippen molar-refractivity contribution >= 4 is 38.7 Å². The molecule has 1 rings (SSSR count). The summed E-state index contributed by atoms with van der Waals surface area (Å²) in [6.07, 6.45) is 0.397. The third kappa shape index (κ3) is 5.21. The van der Waals surface area contributed by atoms with Crippen molar-refractivity contribution in [2.75, 3.05) is 16.8 Å². The molecule has 0 heterocycles. The Labute approximate surface area is 130 Å². The molecule has 0 aliphatic rings. The summed E-state index contributed by atoms with van der Waals surface area (Å²) in [7, 11) is -3.20. The summed E-state index contributed by atoms with van der Waals surface area (Å²) in [5.41, 5.74) is 6.54. The Morgan fingerprint density at radius 2 is 1.95 bits per heavy atom. The van der Waals surface area contributed by atoms with Crippen molar-refractivity contribution in [1.82, 2.24) is 0 Å². The van der Waals surface area contributed by atoms with Crippen LogP contribution in [0.2, 0.25) is 5.02 Å². The summed E-state index contributed by atoms with van der Waals surface area (Å²) in [5, 5.41) is 2.99. The van der Waals surface area contributed by atoms with E-state index in [9.17, 15) is 13.2 Å². The molecule has 118 valence electrons. The predicted octanol–water partition coefficient (Wildman–Crippen LogP) is 2.85. The number of halogens is 1. The summed E-state index contributed by atoms with van der Waals surface area (Å²) in [6.45, 7) is 4.95. The van der Waals surface area contributed by atoms with Crippen LogP contribution in [-0.2, 0) is 14.6 Å². The smallest absolute Gasteiger partial charge is 0.224 e. The molecular weight excluding hydrogens is 312 g/mol. The fraction of sp³-hybridized carbons (Fsp3) is 0.500. The molecule has 0 aromatic heterocycles. The molecular formula is C14H21ClN2O3S. The minimum absolute atomic E-state index is 0.0145. The van der Waals surface area contributed by atoms with Gasteiger partial charge in [-0.2, -0.15) is 0 Å². The average molecular weight is 333 g/mol. The van der Waals surface area contributed by atoms with Crippen LogP contribution in [0.3, 0.4) is 0 Å². The van der Waals surface area contributed by atoms with E-state index in [4.69, 9.17) is 17.3 Å². The zero-order valence-electron chi connectivity index (χ0n) is 12.4. The summed E-state index contributed by atoms with van der Waals surface area (Å²) in [6, 6.07) is 4.79. The fourth-order valence-corrected chi connectivity index (χ4v) is 2.95. The number of hydrogen-bond acceptors (Lipinski definition) is 4. The summed E-state index contributed by atoms with van der Waals surface area (Å²) in [5.74, 6) is -0.287. The highest BCUT2D eigenvalue weighted by Gasteiger charge is 2.28. The number of hydrogen-bond donors (Lipinski definition) is 2. The van der Waals surface area contributed by atoms with Gasteiger partial charge in [0, 0.05) is 12.1 Å². The van der Waals surface area contributed by atoms with Crippen LogP contribution in [-0.4, -0.2) is 24.8 Å². The highest BCUT2D eigenvalue weighted by atomic mass is 35.5. The van der Waals surface area contributed by atoms with E-state index in [-0.39, 0.29) is 24.5 Å². The molecule has 0 unspecified atom stereocenters. The van der Waals surface area contributed by atoms with Crippen molar-refractivity contribution in [3.05, 3.63) is 23.2 Å². The fourth-order valence-electron chi connectivity index (χ4n) is 1.57. The lowest BCUT2D eigenvalue weighted by atomic mass is 10.2. The first-order valence-corrected chi connectivity index (χ1v) is 8.63. The molecule has 0 aliphatic heterocycles. The maximum absolute atomic E-state index is 11.9. The van der Waals surface area contributed by atoms with Crippen LogP contribution in [0.1, 0.15) is 33.6 Å². The second-order valence-corrected chi connectivity index (χ2v) is 9.09. The number of nitrogen functional groups attached to an aromatic ring is 1. The molecule has 0 saturated heterocycles. The number of benzene rings is 1. The maximum atomic E-state index is 11.9. The molecule has 0 bridgehead atoms. The zero-order valence-corrected chi connectivity index (χ0v) is 14.0. The lowest BCUT2D eigenvalue weighted by Gasteiger charge is -2.18. The van der Waals surface area contributed by atoms with E-state index in [2.05, 4.69) is 5.32 Å². The van der Waals surface area contributed by atoms with Crippen LogP contribution >= 0.6 is 11.6 Å². The minimum atomic E-state index is -3.20. The summed E-state index contributed by atoms with van der Waals surface area (Å²) in [4.78, 5) is 11.8. The minimum Gasteiger partial charge on any atom is -0.399 e. The van der Waals surface area contributed by atoms with Gasteiger partial charge in [0.05, 0.1) is 21.2 Å². The van der Waals surface area contributed by atoms with E-state index in [0.29, 0.717) is 16.4 Å². The van der Waals surface area contributed by atoms with Crippen LogP contribution in [0.25, 0.3) is 0 Å². The second kappa shape index (κ2) is 6.66. The molecule has 1 aromatic carbocycles. The van der Waals surface area contributed by atoms with Crippen molar-refractivity contribution in [2.24, 2.45) is 0 Å². The Morgan fingerprint density at radius 1 is 1.33 bits per heavy atom. The lowest BCUT2D eigenvalue weighted by molar-refractivity contribution is -0.116. The van der Waals surface area contributed by atoms with E-state index in [1.165, 1.54) is 0 Å². The topological polar surface area (TPSA) is 89.3 Å². The number of carbonyl (C=O) groups is 1. The van der Waals surface area contributed by atoms with Gasteiger partial charge in [-0.25, -0.2) is 8.42 Å². The molecule has 7 heteroatoms. The van der Waals surface area contributed by atoms with Gasteiger partial charge in [0.1, 0.15) is 0 Å². The van der Waals surface area contributed by atoms with Crippen LogP contribution in [0.4, 0.5) is 11.4 Å². The normalized spacial score (nSPS) is 12.2. The Hall–Kier alpha value is -1.27. The zero-order chi connectivity index (χ0) is 16.3. The molecule has 0 saturated carbocycles. The Kier molecular flexibility index (Phi) is 5.64. The molecule has 1 aromatic rings. The molecule has 0 spiro atoms. The molecule has 0 radical (unpaired) electrons. The SMILES string of the molecule is CC(C)(C)S(=O)(=O)CCCC(=O)Nc1ccc(N)cc1Cl. The van der Waals surface area contributed by atoms with E-state index < -0.39 is 14.6 Å². The predicted molar refractivity (Wildman–Crippen MR) is 87.3 cm³/mol. The number of anilines is 2. The number of amides is 1. The van der Waals surface area contributed by atoms with Crippen LogP contribution in [0, 0.1) is 0 Å². The maximum Gasteiger partial charge on any atom is 0.224 e. The van der Waals surface area contributed by atoms with Gasteiger partial charge in [-0.05, 0) is 45.4 Å². The molecule has 5 nitrogen and oxygen atoms in total. The van der Waals surface area contributed by atoms with Gasteiger partial charge in [0.15, 0.2) is 9.84 Å². The first kappa shape index (κ1) is 17.8. The molecule has 1 amide bonds. The number of carbonyl (C=O) groups excluding carboxylic acids is 1. The van der Waals surface area contributed by atoms with Gasteiger partial charge in [-0.15, -0.1) is 0 Å². The first-order chi connectivity index (χ1) is 9.53. The van der Waals surface area contributed by atoms with Gasteiger partial charge in [0.2, 0.25) is 5.91 Å². The third-order valence-corrected chi connectivity index (χ3v) is 6.02. The molecule has 21 heavy (non-hydrogen) atoms. The number of nitrogens with two attached hydrogens (primary N) is 1. The van der Waals surface area contributed by atoms with Crippen LogP contribution in [0.15, 0.2) is 18.2 Å². The van der Waals surface area contributed by atoms with Gasteiger partial charge in [-0.1, -0.05) is 11.6 Å². The standard InChI is InChI=1S/C14H21ClN2O3S/c1-14(2,3)21(19,20)8-4-5-13(18)17-12-7-6-10(16)9-11(12)15/h6-7,9H,4-5,8,16H2,1-3H3,(H,17,18). The van der Waals surface area contributed by atoms with E-state index in [1.807, 2.05) is 0 Å². The monoisotopic (exact) mass is 332 g/mol. The van der Waals surface area contributed by atoms with Crippen LogP contribution in [0.5, 0.6) is 0 Å². The van der Waals surface area contributed by atoms with Crippen molar-refractivity contribution in [1.29, 1.82) is 0 Å². The lowest BCUT2D eigenvalue weighted by Crippen LogP contribution is -2.30. The largest absolute Gasteiger partial charge is 0.399 e. The van der Waals surface area contributed by atoms with Crippen molar-refractivity contribution in [2.45, 2.75) is 38.4 Å². The van der Waals surface area contributed by atoms with E-state index in [0.717, 1.165) is 0 Å². The molecule has 0 atom stereocenters. The number of nitrogens with one attached hydrogen (secondary N) is 1. The number of rotatable bonds is 5. The van der Waals surface area contributed by atoms with Gasteiger partial charge in [-0.3, -0.25) is 4.79 Å². The van der Waals surface area contributed by atoms with Gasteiger partial charge in [0.25, 0.3) is 0 Å². The summed E-state index contributed by atoms with van der Waals surface area (Å²) < 4.78 is 23.0. The third-order valence-electron chi connectivity index (χ3n) is 3.02. The highest BCUT2D eigenvalue weighted by Crippen LogP contribution is 2.24. The van der Waals surface area contributed by atoms with Crippen LogP contribution < -0.4 is 11.1 Å². The summed E-state index contributed by atoms with van der Waals surface area (Å²) >= 11 is 5.95. The average Bonchev–Trinajstić information content (AvgIpc) is 2.31. The molecule has 3 N–H and O–H groups in total. The van der Waals surface area contributed by atoms with E-state index >= 15 is 0 Å². The Bertz CT molecular complexity index is 622. The molecule has 0 aliphatic carbocycles. The number of sulfone groups is 1. The van der Waals surface area contributed by atoms with Gasteiger partial charge >= 0.3 is 0 Å². The van der Waals surface area contributed by atoms with Gasteiger partial charge < -0.3 is 11.1 Å². The van der Waals surface area contributed by atoms with E-state index in [1.54, 1.807) is 39.0 Å². The van der Waals surface area contributed by atoms with Crippen molar-refractivity contribution in [3.8, 4) is 0 Å². The Balaban J connectivity index is 2.52. The second-order valence-electron chi connectivity index (χ2n) is 5.82.